The number of nitrogens with zero attached hydrogens (tertiary/aromatic N) is 1. The normalized spacial score (nSPS) is 27.6. The number of carbonyl (C=O) groups excluding carboxylic acids is 3. The first kappa shape index (κ1) is 45.3. The van der Waals surface area contributed by atoms with Crippen molar-refractivity contribution in [1.82, 2.24) is 9.88 Å². The number of ether oxygens (including phenoxy) is 5. The van der Waals surface area contributed by atoms with Gasteiger partial charge in [-0.25, -0.2) is 4.79 Å². The first-order valence-corrected chi connectivity index (χ1v) is 23.5. The van der Waals surface area contributed by atoms with E-state index < -0.39 is 30.2 Å². The zero-order valence-electron chi connectivity index (χ0n) is 37.4. The van der Waals surface area contributed by atoms with Crippen LogP contribution in [0.5, 0.6) is 17.2 Å². The summed E-state index contributed by atoms with van der Waals surface area (Å²) in [6.45, 7) is 4.01. The van der Waals surface area contributed by atoms with Gasteiger partial charge in [-0.2, -0.15) is 0 Å². The predicted octanol–water partition coefficient (Wildman–Crippen LogP) is 5.26. The van der Waals surface area contributed by atoms with Crippen LogP contribution in [0.4, 0.5) is 0 Å². The van der Waals surface area contributed by atoms with Crippen molar-refractivity contribution in [3.05, 3.63) is 81.3 Å². The molecule has 2 bridgehead atoms. The number of hydrogen-bond donors (Lipinski definition) is 5. The molecule has 0 spiro atoms. The van der Waals surface area contributed by atoms with E-state index in [0.29, 0.717) is 73.9 Å². The van der Waals surface area contributed by atoms with Crippen LogP contribution in [0.3, 0.4) is 0 Å². The molecule has 1 saturated carbocycles. The number of H-pyrrole nitrogens is 1. The Morgan fingerprint density at radius 3 is 2.69 bits per heavy atom. The van der Waals surface area contributed by atoms with E-state index >= 15 is 0 Å². The number of aliphatic hydroxyl groups is 4. The number of aliphatic hydroxyl groups excluding tert-OH is 3. The number of aldehydes is 1. The zero-order chi connectivity index (χ0) is 45.4. The first-order valence-electron chi connectivity index (χ1n) is 23.5. The minimum Gasteiger partial charge on any atom is -0.492 e. The monoisotopic (exact) mass is 894 g/mol. The van der Waals surface area contributed by atoms with E-state index in [1.165, 1.54) is 0 Å². The summed E-state index contributed by atoms with van der Waals surface area (Å²) in [6, 6.07) is 6.12. The Balaban J connectivity index is 1.22. The van der Waals surface area contributed by atoms with Crippen molar-refractivity contribution in [1.29, 1.82) is 0 Å². The zero-order valence-corrected chi connectivity index (χ0v) is 37.4. The molecule has 2 aromatic carbocycles. The Morgan fingerprint density at radius 1 is 1.06 bits per heavy atom. The van der Waals surface area contributed by atoms with Crippen LogP contribution in [0, 0.1) is 23.7 Å². The van der Waals surface area contributed by atoms with Gasteiger partial charge in [0.15, 0.2) is 6.29 Å². The van der Waals surface area contributed by atoms with E-state index in [2.05, 4.69) is 34.2 Å². The van der Waals surface area contributed by atoms with E-state index in [9.17, 15) is 34.8 Å². The number of aromatic nitrogens is 1. The summed E-state index contributed by atoms with van der Waals surface area (Å²) in [5.74, 6) is -1.91. The number of ketones is 1. The number of benzene rings is 2. The number of piperidine rings is 1. The maximum absolute atomic E-state index is 14.1. The summed E-state index contributed by atoms with van der Waals surface area (Å²) >= 11 is 0. The molecule has 1 aromatic heterocycles. The lowest BCUT2D eigenvalue weighted by Crippen LogP contribution is -2.62. The van der Waals surface area contributed by atoms with Crippen LogP contribution in [-0.4, -0.2) is 120 Å². The number of allylic oxidation sites excluding steroid dienone is 3. The SMILES string of the molecule is CCOC(=O)C1=C(C=O)C2=C3CCC(=O)C(C3)c3cc4cc[nH]c4cc3CCC(CO)COc3c4c(c(CO)c(c32)O1)OC(C1(O)C(CCCO)C=CC2CN(CCCOC)CCC21)C4. The number of rotatable bonds is 13. The van der Waals surface area contributed by atoms with Gasteiger partial charge in [-0.05, 0) is 105 Å². The Hall–Kier alpha value is -4.83. The lowest BCUT2D eigenvalue weighted by Gasteiger charge is -2.53. The summed E-state index contributed by atoms with van der Waals surface area (Å²) in [6.07, 6.45) is 10.6. The van der Waals surface area contributed by atoms with E-state index in [-0.39, 0.29) is 104 Å². The van der Waals surface area contributed by atoms with Gasteiger partial charge >= 0.3 is 5.97 Å². The van der Waals surface area contributed by atoms with E-state index in [4.69, 9.17) is 23.7 Å². The van der Waals surface area contributed by atoms with Crippen molar-refractivity contribution in [2.24, 2.45) is 23.7 Å². The second-order valence-electron chi connectivity index (χ2n) is 18.6. The van der Waals surface area contributed by atoms with Gasteiger partial charge in [-0.3, -0.25) is 9.59 Å². The quantitative estimate of drug-likeness (QED) is 0.0646. The van der Waals surface area contributed by atoms with Gasteiger partial charge in [0, 0.05) is 99.4 Å². The van der Waals surface area contributed by atoms with Crippen LogP contribution in [-0.2, 0) is 43.3 Å². The number of aromatic amines is 1. The highest BCUT2D eigenvalue weighted by molar-refractivity contribution is 6.11. The Kier molecular flexibility index (Phi) is 13.4. The van der Waals surface area contributed by atoms with Gasteiger partial charge < -0.3 is 54.0 Å². The molecule has 14 nitrogen and oxygen atoms in total. The average Bonchev–Trinajstić information content (AvgIpc) is 3.98. The van der Waals surface area contributed by atoms with Crippen LogP contribution in [0.25, 0.3) is 16.5 Å². The highest BCUT2D eigenvalue weighted by Gasteiger charge is 2.57. The van der Waals surface area contributed by atoms with Crippen molar-refractivity contribution in [3.63, 3.8) is 0 Å². The molecule has 5 heterocycles. The molecule has 2 aliphatic carbocycles. The van der Waals surface area contributed by atoms with Crippen molar-refractivity contribution < 1.29 is 58.5 Å². The molecule has 3 aromatic rings. The number of Topliss-reactive ketones (excluding diaryl/α,β-unsaturated/α-hetero) is 1. The van der Waals surface area contributed by atoms with Crippen LogP contribution in [0.1, 0.15) is 92.0 Å². The lowest BCUT2D eigenvalue weighted by molar-refractivity contribution is -0.154. The number of nitrogens with one attached hydrogen (secondary N) is 1. The van der Waals surface area contributed by atoms with Crippen molar-refractivity contribution in [2.45, 2.75) is 95.4 Å². The number of fused-ring (bicyclic) bond motifs is 8. The van der Waals surface area contributed by atoms with Gasteiger partial charge in [0.25, 0.3) is 0 Å². The molecule has 2 fully saturated rings. The third-order valence-electron chi connectivity index (χ3n) is 15.0. The highest BCUT2D eigenvalue weighted by atomic mass is 16.6. The van der Waals surface area contributed by atoms with Crippen molar-refractivity contribution >= 4 is 34.5 Å². The molecule has 4 aliphatic heterocycles. The standard InChI is InChI=1S/C51H62N2O12/c1-3-62-50(59)49-38(26-56)44-32-10-12-42(58)36(21-32)35-20-31-13-15-52-41(31)22-30(35)8-7-29(25-55)28-63-47-37-23-43(64-46(37)39(27-57)48(65-49)45(44)47)51(60)34(6-4-18-54)11-9-33-24-53(16-5-19-61-2)17-14-40(33)51/h9,11,13,15,20,22,26,29,33-34,36,40,43,52,54-55,57,60H,3-8,10,12,14,16-19,21,23-25,27-28H2,1-2H3. The van der Waals surface area contributed by atoms with E-state index in [0.717, 1.165) is 53.7 Å². The van der Waals surface area contributed by atoms with Gasteiger partial charge in [0.1, 0.15) is 34.7 Å². The summed E-state index contributed by atoms with van der Waals surface area (Å²) in [5, 5.41) is 46.7. The maximum atomic E-state index is 14.1. The molecule has 7 atom stereocenters. The molecule has 65 heavy (non-hydrogen) atoms. The molecule has 14 heteroatoms. The summed E-state index contributed by atoms with van der Waals surface area (Å²) in [7, 11) is 1.70. The number of likely N-dealkylation sites (tertiary alicyclic amines) is 1. The van der Waals surface area contributed by atoms with Crippen LogP contribution >= 0.6 is 0 Å². The molecule has 7 unspecified atom stereocenters. The van der Waals surface area contributed by atoms with Crippen LogP contribution < -0.4 is 14.2 Å². The fourth-order valence-corrected chi connectivity index (χ4v) is 11.8. The highest BCUT2D eigenvalue weighted by Crippen LogP contribution is 2.59. The maximum Gasteiger partial charge on any atom is 0.375 e. The third kappa shape index (κ3) is 8.14. The Labute approximate surface area is 379 Å². The largest absolute Gasteiger partial charge is 0.492 e. The van der Waals surface area contributed by atoms with E-state index in [1.54, 1.807) is 14.0 Å². The number of esters is 1. The molecular weight excluding hydrogens is 833 g/mol. The molecule has 9 rings (SSSR count). The number of aryl methyl sites for hydroxylation is 1. The van der Waals surface area contributed by atoms with Gasteiger partial charge in [-0.1, -0.05) is 17.7 Å². The Bertz CT molecular complexity index is 2420. The van der Waals surface area contributed by atoms with Gasteiger partial charge in [0.2, 0.25) is 5.76 Å². The fraction of sp³-hybridized carbons (Fsp3) is 0.549. The summed E-state index contributed by atoms with van der Waals surface area (Å²) in [5.41, 5.74) is 3.68. The summed E-state index contributed by atoms with van der Waals surface area (Å²) < 4.78 is 31.3. The fourth-order valence-electron chi connectivity index (χ4n) is 11.8. The topological polar surface area (TPSA) is 197 Å². The number of methoxy groups -OCH3 is 1. The lowest BCUT2D eigenvalue weighted by atomic mass is 9.60. The number of hydrogen-bond acceptors (Lipinski definition) is 13. The first-order chi connectivity index (χ1) is 31.7. The second-order valence-corrected chi connectivity index (χ2v) is 18.6. The molecule has 1 saturated heterocycles. The van der Waals surface area contributed by atoms with Crippen LogP contribution in [0.2, 0.25) is 0 Å². The smallest absolute Gasteiger partial charge is 0.375 e. The van der Waals surface area contributed by atoms with Crippen molar-refractivity contribution in [3.8, 4) is 17.2 Å². The predicted molar refractivity (Wildman–Crippen MR) is 240 cm³/mol. The van der Waals surface area contributed by atoms with E-state index in [1.807, 2.05) is 12.3 Å². The molecule has 348 valence electrons. The molecule has 0 amide bonds. The minimum atomic E-state index is -1.40. The molecular formula is C51H62N2O12. The minimum absolute atomic E-state index is 0.00781. The average molecular weight is 895 g/mol. The summed E-state index contributed by atoms with van der Waals surface area (Å²) in [4.78, 5) is 47.3. The van der Waals surface area contributed by atoms with Gasteiger partial charge in [-0.15, -0.1) is 0 Å². The second kappa shape index (κ2) is 19.2. The Morgan fingerprint density at radius 2 is 1.92 bits per heavy atom. The molecule has 5 N–H and O–H groups in total. The third-order valence-corrected chi connectivity index (χ3v) is 15.0. The van der Waals surface area contributed by atoms with Crippen molar-refractivity contribution in [2.75, 3.05) is 59.8 Å². The van der Waals surface area contributed by atoms with Crippen LogP contribution in [0.15, 0.2) is 53.5 Å². The number of carbonyl (C=O) groups is 3. The van der Waals surface area contributed by atoms with Gasteiger partial charge in [0.05, 0.1) is 36.5 Å². The molecule has 6 aliphatic rings. The molecule has 0 radical (unpaired) electrons.